The largest absolute Gasteiger partial charge is 0.354 e. The predicted octanol–water partition coefficient (Wildman–Crippen LogP) is 2.05. The van der Waals surface area contributed by atoms with Gasteiger partial charge in [-0.15, -0.1) is 0 Å². The molecule has 1 saturated heterocycles. The number of benzene rings is 1. The van der Waals surface area contributed by atoms with E-state index in [9.17, 15) is 9.18 Å². The highest BCUT2D eigenvalue weighted by Gasteiger charge is 2.19. The molecule has 0 aliphatic carbocycles. The normalized spacial score (nSPS) is 15.9. The summed E-state index contributed by atoms with van der Waals surface area (Å²) in [6.07, 6.45) is 0. The number of carbonyl (C=O) groups is 1. The maximum atomic E-state index is 13.7. The van der Waals surface area contributed by atoms with Gasteiger partial charge in [-0.05, 0) is 33.6 Å². The van der Waals surface area contributed by atoms with Crippen molar-refractivity contribution in [3.63, 3.8) is 0 Å². The van der Waals surface area contributed by atoms with Crippen LogP contribution in [0, 0.1) is 11.7 Å². The number of amides is 1. The Morgan fingerprint density at radius 2 is 1.89 bits per heavy atom. The smallest absolute Gasteiger partial charge is 0.222 e. The highest BCUT2D eigenvalue weighted by atomic mass is 79.9. The lowest BCUT2D eigenvalue weighted by molar-refractivity contribution is -0.123. The van der Waals surface area contributed by atoms with Crippen LogP contribution >= 0.6 is 15.9 Å². The zero-order valence-electron chi connectivity index (χ0n) is 16.3. The maximum Gasteiger partial charge on any atom is 0.222 e. The molecule has 1 aliphatic heterocycles. The number of hydrogen-bond acceptors (Lipinski definition) is 3. The second-order valence-electron chi connectivity index (χ2n) is 6.93. The van der Waals surface area contributed by atoms with Crippen LogP contribution in [-0.4, -0.2) is 68.0 Å². The summed E-state index contributed by atoms with van der Waals surface area (Å²) in [5.41, 5.74) is 0.979. The first kappa shape index (κ1) is 21.6. The van der Waals surface area contributed by atoms with Crippen LogP contribution < -0.4 is 10.6 Å². The summed E-state index contributed by atoms with van der Waals surface area (Å²) in [6.45, 7) is 9.21. The molecule has 1 aromatic carbocycles. The zero-order chi connectivity index (χ0) is 19.8. The molecule has 0 unspecified atom stereocenters. The third kappa shape index (κ3) is 6.77. The van der Waals surface area contributed by atoms with Gasteiger partial charge >= 0.3 is 0 Å². The number of carbonyl (C=O) groups excluding carboxylic acids is 1. The SMILES string of the molecule is CN=C(NCCNC(=O)C(C)C)N1CCN(Cc2ccc(Br)c(F)c2)CC1. The van der Waals surface area contributed by atoms with Gasteiger partial charge in [0.2, 0.25) is 5.91 Å². The maximum absolute atomic E-state index is 13.7. The standard InChI is InChI=1S/C19H29BrFN5O/c1-14(2)18(27)23-6-7-24-19(22-3)26-10-8-25(9-11-26)13-15-4-5-16(20)17(21)12-15/h4-5,12,14H,6-11,13H2,1-3H3,(H,22,24)(H,23,27). The molecule has 1 heterocycles. The molecular formula is C19H29BrFN5O. The number of halogens is 2. The first-order chi connectivity index (χ1) is 12.9. The summed E-state index contributed by atoms with van der Waals surface area (Å²) < 4.78 is 14.2. The van der Waals surface area contributed by atoms with E-state index < -0.39 is 0 Å². The molecule has 1 aromatic rings. The number of nitrogens with one attached hydrogen (secondary N) is 2. The lowest BCUT2D eigenvalue weighted by atomic mass is 10.2. The molecule has 150 valence electrons. The number of rotatable bonds is 6. The van der Waals surface area contributed by atoms with Gasteiger partial charge in [0, 0.05) is 58.8 Å². The van der Waals surface area contributed by atoms with Crippen LogP contribution in [-0.2, 0) is 11.3 Å². The first-order valence-corrected chi connectivity index (χ1v) is 10.1. The molecule has 0 bridgehead atoms. The van der Waals surface area contributed by atoms with Gasteiger partial charge in [-0.3, -0.25) is 14.7 Å². The Morgan fingerprint density at radius 3 is 2.48 bits per heavy atom. The lowest BCUT2D eigenvalue weighted by Crippen LogP contribution is -2.53. The van der Waals surface area contributed by atoms with Crippen molar-refractivity contribution in [2.75, 3.05) is 46.3 Å². The van der Waals surface area contributed by atoms with Gasteiger partial charge in [0.25, 0.3) is 0 Å². The van der Waals surface area contributed by atoms with Crippen LogP contribution in [0.3, 0.4) is 0 Å². The zero-order valence-corrected chi connectivity index (χ0v) is 17.9. The molecule has 0 aromatic heterocycles. The Morgan fingerprint density at radius 1 is 1.22 bits per heavy atom. The summed E-state index contributed by atoms with van der Waals surface area (Å²) in [4.78, 5) is 20.4. The van der Waals surface area contributed by atoms with Gasteiger partial charge in [0.15, 0.2) is 5.96 Å². The molecule has 1 fully saturated rings. The van der Waals surface area contributed by atoms with Crippen molar-refractivity contribution < 1.29 is 9.18 Å². The molecule has 2 N–H and O–H groups in total. The van der Waals surface area contributed by atoms with Crippen molar-refractivity contribution in [3.05, 3.63) is 34.1 Å². The summed E-state index contributed by atoms with van der Waals surface area (Å²) >= 11 is 3.19. The topological polar surface area (TPSA) is 60.0 Å². The monoisotopic (exact) mass is 441 g/mol. The van der Waals surface area contributed by atoms with Crippen molar-refractivity contribution in [2.24, 2.45) is 10.9 Å². The fourth-order valence-electron chi connectivity index (χ4n) is 2.91. The number of piperazine rings is 1. The van der Waals surface area contributed by atoms with Crippen molar-refractivity contribution in [1.82, 2.24) is 20.4 Å². The second-order valence-corrected chi connectivity index (χ2v) is 7.79. The molecule has 1 aliphatic rings. The van der Waals surface area contributed by atoms with Gasteiger partial charge in [0.05, 0.1) is 4.47 Å². The van der Waals surface area contributed by atoms with Gasteiger partial charge in [-0.1, -0.05) is 19.9 Å². The number of guanidine groups is 1. The van der Waals surface area contributed by atoms with Crippen molar-refractivity contribution in [2.45, 2.75) is 20.4 Å². The van der Waals surface area contributed by atoms with Gasteiger partial charge in [0.1, 0.15) is 5.82 Å². The van der Waals surface area contributed by atoms with Crippen molar-refractivity contribution in [3.8, 4) is 0 Å². The van der Waals surface area contributed by atoms with E-state index in [0.717, 1.165) is 44.2 Å². The van der Waals surface area contributed by atoms with Crippen LogP contribution in [0.25, 0.3) is 0 Å². The second kappa shape index (κ2) is 10.6. The minimum atomic E-state index is -0.222. The van der Waals surface area contributed by atoms with Crippen LogP contribution in [0.2, 0.25) is 0 Å². The Kier molecular flexibility index (Phi) is 8.50. The molecular weight excluding hydrogens is 413 g/mol. The summed E-state index contributed by atoms with van der Waals surface area (Å²) in [7, 11) is 1.77. The first-order valence-electron chi connectivity index (χ1n) is 9.30. The molecule has 6 nitrogen and oxygen atoms in total. The quantitative estimate of drug-likeness (QED) is 0.402. The minimum absolute atomic E-state index is 0.00316. The van der Waals surface area contributed by atoms with E-state index in [-0.39, 0.29) is 17.6 Å². The van der Waals surface area contributed by atoms with Crippen LogP contribution in [0.5, 0.6) is 0 Å². The summed E-state index contributed by atoms with van der Waals surface area (Å²) in [5.74, 6) is 0.685. The Balaban J connectivity index is 1.74. The fraction of sp³-hybridized carbons (Fsp3) is 0.579. The van der Waals surface area contributed by atoms with E-state index in [4.69, 9.17) is 0 Å². The third-order valence-corrected chi connectivity index (χ3v) is 5.15. The van der Waals surface area contributed by atoms with Gasteiger partial charge in [-0.25, -0.2) is 4.39 Å². The highest BCUT2D eigenvalue weighted by Crippen LogP contribution is 2.18. The molecule has 8 heteroatoms. The molecule has 1 amide bonds. The van der Waals surface area contributed by atoms with Crippen molar-refractivity contribution in [1.29, 1.82) is 0 Å². The molecule has 27 heavy (non-hydrogen) atoms. The average molecular weight is 442 g/mol. The number of hydrogen-bond donors (Lipinski definition) is 2. The van der Waals surface area contributed by atoms with Crippen LogP contribution in [0.4, 0.5) is 4.39 Å². The number of nitrogens with zero attached hydrogens (tertiary/aromatic N) is 3. The van der Waals surface area contributed by atoms with E-state index in [2.05, 4.69) is 41.4 Å². The Labute approximate surface area is 169 Å². The van der Waals surface area contributed by atoms with E-state index in [1.165, 1.54) is 0 Å². The predicted molar refractivity (Wildman–Crippen MR) is 110 cm³/mol. The minimum Gasteiger partial charge on any atom is -0.354 e. The van der Waals surface area contributed by atoms with Gasteiger partial charge < -0.3 is 15.5 Å². The lowest BCUT2D eigenvalue weighted by Gasteiger charge is -2.36. The molecule has 0 atom stereocenters. The fourth-order valence-corrected chi connectivity index (χ4v) is 3.16. The van der Waals surface area contributed by atoms with Gasteiger partial charge in [-0.2, -0.15) is 0 Å². The molecule has 0 saturated carbocycles. The molecule has 2 rings (SSSR count). The van der Waals surface area contributed by atoms with E-state index in [0.29, 0.717) is 17.6 Å². The third-order valence-electron chi connectivity index (χ3n) is 4.51. The molecule has 0 spiro atoms. The van der Waals surface area contributed by atoms with E-state index in [1.54, 1.807) is 19.2 Å². The van der Waals surface area contributed by atoms with Crippen LogP contribution in [0.15, 0.2) is 27.7 Å². The Bertz CT molecular complexity index is 660. The summed E-state index contributed by atoms with van der Waals surface area (Å²) in [6, 6.07) is 5.29. The van der Waals surface area contributed by atoms with Crippen LogP contribution in [0.1, 0.15) is 19.4 Å². The van der Waals surface area contributed by atoms with E-state index in [1.807, 2.05) is 19.9 Å². The van der Waals surface area contributed by atoms with E-state index >= 15 is 0 Å². The Hall–Kier alpha value is -1.67. The van der Waals surface area contributed by atoms with Crippen molar-refractivity contribution >= 4 is 27.8 Å². The summed E-state index contributed by atoms with van der Waals surface area (Å²) in [5, 5.41) is 6.19. The number of aliphatic imine (C=N–C) groups is 1. The molecule has 0 radical (unpaired) electrons. The average Bonchev–Trinajstić information content (AvgIpc) is 2.65. The highest BCUT2D eigenvalue weighted by molar-refractivity contribution is 9.10.